The Balaban J connectivity index is 1.93. The average Bonchev–Trinajstić information content (AvgIpc) is 2.84. The molecule has 1 unspecified atom stereocenters. The first-order valence-corrected chi connectivity index (χ1v) is 7.51. The summed E-state index contributed by atoms with van der Waals surface area (Å²) in [4.78, 5) is 0. The number of hydrogen-bond acceptors (Lipinski definition) is 3. The van der Waals surface area contributed by atoms with E-state index < -0.39 is 0 Å². The van der Waals surface area contributed by atoms with Crippen molar-refractivity contribution in [2.24, 2.45) is 5.41 Å². The van der Waals surface area contributed by atoms with Crippen molar-refractivity contribution in [1.82, 2.24) is 15.5 Å². The van der Waals surface area contributed by atoms with Crippen molar-refractivity contribution in [3.8, 4) is 0 Å². The highest BCUT2D eigenvalue weighted by Crippen LogP contribution is 2.39. The van der Waals surface area contributed by atoms with Gasteiger partial charge in [0.2, 0.25) is 0 Å². The van der Waals surface area contributed by atoms with Crippen molar-refractivity contribution in [3.63, 3.8) is 0 Å². The van der Waals surface area contributed by atoms with Gasteiger partial charge in [-0.05, 0) is 38.5 Å². The van der Waals surface area contributed by atoms with E-state index in [9.17, 15) is 5.11 Å². The first-order chi connectivity index (χ1) is 9.17. The number of nitrogens with zero attached hydrogens (tertiary/aromatic N) is 1. The highest BCUT2D eigenvalue weighted by atomic mass is 16.3. The van der Waals surface area contributed by atoms with Crippen LogP contribution in [0.5, 0.6) is 0 Å². The topological polar surface area (TPSA) is 60.9 Å². The van der Waals surface area contributed by atoms with Gasteiger partial charge in [0.1, 0.15) is 0 Å². The normalized spacial score (nSPS) is 20.4. The Morgan fingerprint density at radius 2 is 2.16 bits per heavy atom. The molecule has 4 nitrogen and oxygen atoms in total. The van der Waals surface area contributed by atoms with Gasteiger partial charge in [-0.25, -0.2) is 0 Å². The van der Waals surface area contributed by atoms with Crippen LogP contribution in [0.25, 0.3) is 0 Å². The molecule has 1 aliphatic rings. The monoisotopic (exact) mass is 265 g/mol. The third kappa shape index (κ3) is 3.57. The maximum absolute atomic E-state index is 9.33. The molecular weight excluding hydrogens is 238 g/mol. The molecule has 4 heteroatoms. The summed E-state index contributed by atoms with van der Waals surface area (Å²) in [5.74, 6) is 0. The molecule has 0 aliphatic heterocycles. The number of hydrogen-bond donors (Lipinski definition) is 3. The second kappa shape index (κ2) is 6.53. The Hall–Kier alpha value is -0.870. The van der Waals surface area contributed by atoms with Crippen LogP contribution < -0.4 is 5.32 Å². The largest absolute Gasteiger partial charge is 0.396 e. The van der Waals surface area contributed by atoms with Gasteiger partial charge in [-0.3, -0.25) is 5.10 Å². The van der Waals surface area contributed by atoms with Gasteiger partial charge in [-0.2, -0.15) is 5.10 Å². The molecule has 1 aromatic rings. The Morgan fingerprint density at radius 1 is 1.42 bits per heavy atom. The van der Waals surface area contributed by atoms with E-state index in [1.165, 1.54) is 37.7 Å². The van der Waals surface area contributed by atoms with Gasteiger partial charge in [0.05, 0.1) is 6.20 Å². The van der Waals surface area contributed by atoms with Gasteiger partial charge in [0, 0.05) is 30.5 Å². The number of H-pyrrole nitrogens is 1. The lowest BCUT2D eigenvalue weighted by atomic mass is 9.72. The quantitative estimate of drug-likeness (QED) is 0.741. The molecule has 0 bridgehead atoms. The van der Waals surface area contributed by atoms with Crippen LogP contribution in [-0.4, -0.2) is 28.5 Å². The SMILES string of the molecule is Cc1[nH]ncc1C(C)NCC1(CCO)CCCCC1. The molecule has 108 valence electrons. The van der Waals surface area contributed by atoms with Gasteiger partial charge >= 0.3 is 0 Å². The molecule has 3 N–H and O–H groups in total. The van der Waals surface area contributed by atoms with E-state index >= 15 is 0 Å². The standard InChI is InChI=1S/C15H27N3O/c1-12(14-10-17-18-13(14)2)16-11-15(8-9-19)6-4-3-5-7-15/h10,12,16,19H,3-9,11H2,1-2H3,(H,17,18). The molecule has 0 amide bonds. The minimum atomic E-state index is 0.304. The maximum atomic E-state index is 9.33. The van der Waals surface area contributed by atoms with Crippen LogP contribution in [0.2, 0.25) is 0 Å². The van der Waals surface area contributed by atoms with Crippen molar-refractivity contribution in [3.05, 3.63) is 17.5 Å². The maximum Gasteiger partial charge on any atom is 0.0537 e. The minimum absolute atomic E-state index is 0.304. The zero-order valence-electron chi connectivity index (χ0n) is 12.2. The van der Waals surface area contributed by atoms with E-state index in [0.717, 1.165) is 18.7 Å². The van der Waals surface area contributed by atoms with Gasteiger partial charge in [0.25, 0.3) is 0 Å². The molecule has 19 heavy (non-hydrogen) atoms. The smallest absolute Gasteiger partial charge is 0.0537 e. The summed E-state index contributed by atoms with van der Waals surface area (Å²) in [6.45, 7) is 5.55. The molecule has 2 rings (SSSR count). The number of aromatic amines is 1. The van der Waals surface area contributed by atoms with Crippen LogP contribution in [0.15, 0.2) is 6.20 Å². The molecule has 1 fully saturated rings. The molecule has 0 spiro atoms. The van der Waals surface area contributed by atoms with Gasteiger partial charge in [-0.15, -0.1) is 0 Å². The molecule has 1 saturated carbocycles. The minimum Gasteiger partial charge on any atom is -0.396 e. The number of aromatic nitrogens is 2. The van der Waals surface area contributed by atoms with E-state index in [-0.39, 0.29) is 0 Å². The molecule has 0 saturated heterocycles. The number of aliphatic hydroxyl groups excluding tert-OH is 1. The summed E-state index contributed by atoms with van der Waals surface area (Å²) in [6, 6.07) is 0.316. The van der Waals surface area contributed by atoms with E-state index in [1.807, 2.05) is 6.20 Å². The fourth-order valence-corrected chi connectivity index (χ4v) is 3.33. The lowest BCUT2D eigenvalue weighted by Crippen LogP contribution is -2.38. The zero-order chi connectivity index (χ0) is 13.7. The van der Waals surface area contributed by atoms with Crippen LogP contribution in [0.4, 0.5) is 0 Å². The highest BCUT2D eigenvalue weighted by molar-refractivity contribution is 5.18. The molecule has 1 aromatic heterocycles. The van der Waals surface area contributed by atoms with E-state index in [2.05, 4.69) is 29.4 Å². The van der Waals surface area contributed by atoms with Crippen molar-refractivity contribution >= 4 is 0 Å². The van der Waals surface area contributed by atoms with Gasteiger partial charge < -0.3 is 10.4 Å². The lowest BCUT2D eigenvalue weighted by Gasteiger charge is -2.38. The molecule has 0 aromatic carbocycles. The van der Waals surface area contributed by atoms with Gasteiger partial charge in [0.15, 0.2) is 0 Å². The first kappa shape index (κ1) is 14.5. The fourth-order valence-electron chi connectivity index (χ4n) is 3.33. The van der Waals surface area contributed by atoms with Crippen molar-refractivity contribution in [2.45, 2.75) is 58.4 Å². The molecular formula is C15H27N3O. The summed E-state index contributed by atoms with van der Waals surface area (Å²) in [5, 5.41) is 20.1. The third-order valence-electron chi connectivity index (χ3n) is 4.68. The highest BCUT2D eigenvalue weighted by Gasteiger charge is 2.31. The average molecular weight is 265 g/mol. The molecule has 1 atom stereocenters. The van der Waals surface area contributed by atoms with Crippen LogP contribution in [0.3, 0.4) is 0 Å². The zero-order valence-corrected chi connectivity index (χ0v) is 12.2. The van der Waals surface area contributed by atoms with Crippen molar-refractivity contribution < 1.29 is 5.11 Å². The summed E-state index contributed by atoms with van der Waals surface area (Å²) in [7, 11) is 0. The fraction of sp³-hybridized carbons (Fsp3) is 0.800. The van der Waals surface area contributed by atoms with E-state index in [1.54, 1.807) is 0 Å². The molecule has 0 radical (unpaired) electrons. The first-order valence-electron chi connectivity index (χ1n) is 7.51. The van der Waals surface area contributed by atoms with Gasteiger partial charge in [-0.1, -0.05) is 19.3 Å². The summed E-state index contributed by atoms with van der Waals surface area (Å²) < 4.78 is 0. The second-order valence-corrected chi connectivity index (χ2v) is 6.09. The van der Waals surface area contributed by atoms with Crippen molar-refractivity contribution in [2.75, 3.05) is 13.2 Å². The predicted octanol–water partition coefficient (Wildman–Crippen LogP) is 2.70. The Bertz CT molecular complexity index is 377. The number of rotatable bonds is 6. The van der Waals surface area contributed by atoms with Crippen LogP contribution >= 0.6 is 0 Å². The number of aliphatic hydroxyl groups is 1. The summed E-state index contributed by atoms with van der Waals surface area (Å²) in [5.41, 5.74) is 2.69. The van der Waals surface area contributed by atoms with E-state index in [4.69, 9.17) is 0 Å². The summed E-state index contributed by atoms with van der Waals surface area (Å²) >= 11 is 0. The van der Waals surface area contributed by atoms with Crippen LogP contribution in [0, 0.1) is 12.3 Å². The van der Waals surface area contributed by atoms with E-state index in [0.29, 0.717) is 18.1 Å². The molecule has 1 heterocycles. The Labute approximate surface area is 116 Å². The Kier molecular flexibility index (Phi) is 4.99. The number of aryl methyl sites for hydroxylation is 1. The van der Waals surface area contributed by atoms with Crippen LogP contribution in [0.1, 0.15) is 62.7 Å². The predicted molar refractivity (Wildman–Crippen MR) is 77.0 cm³/mol. The number of nitrogens with one attached hydrogen (secondary N) is 2. The lowest BCUT2D eigenvalue weighted by molar-refractivity contribution is 0.123. The third-order valence-corrected chi connectivity index (χ3v) is 4.68. The van der Waals surface area contributed by atoms with Crippen molar-refractivity contribution in [1.29, 1.82) is 0 Å². The summed E-state index contributed by atoms with van der Waals surface area (Å²) in [6.07, 6.45) is 9.30. The Morgan fingerprint density at radius 3 is 2.74 bits per heavy atom. The molecule has 1 aliphatic carbocycles. The van der Waals surface area contributed by atoms with Crippen LogP contribution in [-0.2, 0) is 0 Å². The second-order valence-electron chi connectivity index (χ2n) is 6.09.